The molecule has 0 bridgehead atoms. The van der Waals surface area contributed by atoms with Gasteiger partial charge in [-0.1, -0.05) is 59.3 Å². The van der Waals surface area contributed by atoms with Crippen LogP contribution in [0.15, 0.2) is 71.2 Å². The van der Waals surface area contributed by atoms with E-state index in [1.165, 1.54) is 17.3 Å². The summed E-state index contributed by atoms with van der Waals surface area (Å²) < 4.78 is 2.02. The lowest BCUT2D eigenvalue weighted by Crippen LogP contribution is -2.24. The molecule has 7 heteroatoms. The summed E-state index contributed by atoms with van der Waals surface area (Å²) >= 11 is 3.03. The predicted molar refractivity (Wildman–Crippen MR) is 123 cm³/mol. The first-order chi connectivity index (χ1) is 14.6. The minimum absolute atomic E-state index is 0.0241. The lowest BCUT2D eigenvalue weighted by molar-refractivity contribution is -0.118. The fourth-order valence-corrected chi connectivity index (χ4v) is 4.47. The zero-order valence-corrected chi connectivity index (χ0v) is 18.5. The highest BCUT2D eigenvalue weighted by Gasteiger charge is 2.17. The van der Waals surface area contributed by atoms with E-state index in [4.69, 9.17) is 0 Å². The minimum atomic E-state index is -0.0241. The molecule has 2 aromatic carbocycles. The molecule has 152 valence electrons. The van der Waals surface area contributed by atoms with Gasteiger partial charge in [0.2, 0.25) is 5.91 Å². The molecule has 0 unspecified atom stereocenters. The van der Waals surface area contributed by atoms with Crippen molar-refractivity contribution in [1.29, 1.82) is 0 Å². The number of hydrogen-bond donors (Lipinski definition) is 1. The number of rotatable bonds is 7. The molecule has 2 heterocycles. The largest absolute Gasteiger partial charge is 0.350 e. The summed E-state index contributed by atoms with van der Waals surface area (Å²) in [6.07, 6.45) is 0. The molecule has 0 aliphatic heterocycles. The number of amides is 1. The normalized spacial score (nSPS) is 10.9. The van der Waals surface area contributed by atoms with Crippen LogP contribution in [0.2, 0.25) is 0 Å². The number of aromatic nitrogens is 3. The molecular formula is C23H22N4OS2. The first-order valence-corrected chi connectivity index (χ1v) is 11.5. The van der Waals surface area contributed by atoms with E-state index in [9.17, 15) is 4.79 Å². The van der Waals surface area contributed by atoms with E-state index < -0.39 is 0 Å². The number of benzene rings is 2. The molecule has 0 saturated carbocycles. The average Bonchev–Trinajstić information content (AvgIpc) is 3.41. The Bertz CT molecular complexity index is 1130. The van der Waals surface area contributed by atoms with Crippen molar-refractivity contribution in [2.45, 2.75) is 25.5 Å². The van der Waals surface area contributed by atoms with Crippen LogP contribution in [0.25, 0.3) is 17.1 Å². The Morgan fingerprint density at radius 2 is 1.87 bits per heavy atom. The number of carbonyl (C=O) groups excluding carboxylic acids is 1. The summed E-state index contributed by atoms with van der Waals surface area (Å²) in [5.41, 5.74) is 4.32. The number of aryl methyl sites for hydroxylation is 2. The summed E-state index contributed by atoms with van der Waals surface area (Å²) in [5.74, 6) is 1.02. The standard InChI is InChI=1S/C23H22N4OS2/c1-16-8-10-19(11-9-16)27-22(18-6-3-5-17(2)13-18)25-26-23(27)30-15-21(28)24-14-20-7-4-12-29-20/h3-13H,14-15H2,1-2H3,(H,24,28). The molecule has 0 saturated heterocycles. The van der Waals surface area contributed by atoms with E-state index in [0.29, 0.717) is 11.7 Å². The van der Waals surface area contributed by atoms with E-state index in [1.54, 1.807) is 11.3 Å². The second kappa shape index (κ2) is 9.28. The quantitative estimate of drug-likeness (QED) is 0.415. The van der Waals surface area contributed by atoms with Crippen LogP contribution in [0.1, 0.15) is 16.0 Å². The third-order valence-corrected chi connectivity index (χ3v) is 6.38. The van der Waals surface area contributed by atoms with E-state index in [2.05, 4.69) is 65.8 Å². The molecule has 30 heavy (non-hydrogen) atoms. The zero-order valence-electron chi connectivity index (χ0n) is 16.8. The number of carbonyl (C=O) groups is 1. The van der Waals surface area contributed by atoms with Gasteiger partial charge in [0.05, 0.1) is 12.3 Å². The van der Waals surface area contributed by atoms with E-state index in [0.717, 1.165) is 27.5 Å². The van der Waals surface area contributed by atoms with Crippen LogP contribution >= 0.6 is 23.1 Å². The second-order valence-corrected chi connectivity index (χ2v) is 8.97. The van der Waals surface area contributed by atoms with Gasteiger partial charge in [-0.15, -0.1) is 21.5 Å². The molecule has 1 amide bonds. The molecule has 0 atom stereocenters. The molecule has 5 nitrogen and oxygen atoms in total. The Morgan fingerprint density at radius 1 is 1.03 bits per heavy atom. The van der Waals surface area contributed by atoms with Crippen LogP contribution in [-0.2, 0) is 11.3 Å². The van der Waals surface area contributed by atoms with Crippen molar-refractivity contribution < 1.29 is 4.79 Å². The van der Waals surface area contributed by atoms with E-state index in [-0.39, 0.29) is 11.7 Å². The summed E-state index contributed by atoms with van der Waals surface area (Å²) in [6.45, 7) is 4.67. The number of nitrogens with one attached hydrogen (secondary N) is 1. The molecule has 0 radical (unpaired) electrons. The smallest absolute Gasteiger partial charge is 0.230 e. The SMILES string of the molecule is Cc1ccc(-n2c(SCC(=O)NCc3cccs3)nnc2-c2cccc(C)c2)cc1. The summed E-state index contributed by atoms with van der Waals surface area (Å²) in [6, 6.07) is 20.4. The van der Waals surface area contributed by atoms with Crippen LogP contribution in [0.3, 0.4) is 0 Å². The van der Waals surface area contributed by atoms with Crippen LogP contribution < -0.4 is 5.32 Å². The Balaban J connectivity index is 1.58. The van der Waals surface area contributed by atoms with Gasteiger partial charge >= 0.3 is 0 Å². The molecule has 1 N–H and O–H groups in total. The van der Waals surface area contributed by atoms with Crippen molar-refractivity contribution in [2.24, 2.45) is 0 Å². The fraction of sp³-hybridized carbons (Fsp3) is 0.174. The maximum Gasteiger partial charge on any atom is 0.230 e. The molecular weight excluding hydrogens is 412 g/mol. The highest BCUT2D eigenvalue weighted by Crippen LogP contribution is 2.28. The van der Waals surface area contributed by atoms with Crippen molar-refractivity contribution in [2.75, 3.05) is 5.75 Å². The molecule has 4 rings (SSSR count). The van der Waals surface area contributed by atoms with Crippen molar-refractivity contribution in [1.82, 2.24) is 20.1 Å². The van der Waals surface area contributed by atoms with Crippen LogP contribution in [0.4, 0.5) is 0 Å². The van der Waals surface area contributed by atoms with E-state index in [1.807, 2.05) is 34.2 Å². The maximum absolute atomic E-state index is 12.3. The third-order valence-electron chi connectivity index (χ3n) is 4.57. The van der Waals surface area contributed by atoms with Gasteiger partial charge in [-0.05, 0) is 43.5 Å². The number of nitrogens with zero attached hydrogens (tertiary/aromatic N) is 3. The monoisotopic (exact) mass is 434 g/mol. The molecule has 0 aliphatic carbocycles. The van der Waals surface area contributed by atoms with Gasteiger partial charge in [-0.3, -0.25) is 9.36 Å². The summed E-state index contributed by atoms with van der Waals surface area (Å²) in [5, 5.41) is 14.5. The van der Waals surface area contributed by atoms with Crippen LogP contribution in [0, 0.1) is 13.8 Å². The Morgan fingerprint density at radius 3 is 2.60 bits per heavy atom. The van der Waals surface area contributed by atoms with Gasteiger partial charge in [-0.25, -0.2) is 0 Å². The first kappa shape index (κ1) is 20.4. The average molecular weight is 435 g/mol. The Labute approximate surface area is 184 Å². The fourth-order valence-electron chi connectivity index (χ4n) is 3.04. The first-order valence-electron chi connectivity index (χ1n) is 9.61. The van der Waals surface area contributed by atoms with Crippen molar-refractivity contribution >= 4 is 29.0 Å². The van der Waals surface area contributed by atoms with Gasteiger partial charge in [-0.2, -0.15) is 0 Å². The highest BCUT2D eigenvalue weighted by atomic mass is 32.2. The Hall–Kier alpha value is -2.90. The number of hydrogen-bond acceptors (Lipinski definition) is 5. The molecule has 2 aromatic heterocycles. The maximum atomic E-state index is 12.3. The van der Waals surface area contributed by atoms with Crippen molar-refractivity contribution in [3.8, 4) is 17.1 Å². The summed E-state index contributed by atoms with van der Waals surface area (Å²) in [4.78, 5) is 13.5. The van der Waals surface area contributed by atoms with Crippen LogP contribution in [0.5, 0.6) is 0 Å². The second-order valence-electron chi connectivity index (χ2n) is 6.99. The van der Waals surface area contributed by atoms with Gasteiger partial charge in [0.15, 0.2) is 11.0 Å². The van der Waals surface area contributed by atoms with Gasteiger partial charge in [0, 0.05) is 16.1 Å². The lowest BCUT2D eigenvalue weighted by Gasteiger charge is -2.11. The van der Waals surface area contributed by atoms with E-state index >= 15 is 0 Å². The van der Waals surface area contributed by atoms with Crippen molar-refractivity contribution in [3.05, 3.63) is 82.0 Å². The van der Waals surface area contributed by atoms with Gasteiger partial charge in [0.25, 0.3) is 0 Å². The topological polar surface area (TPSA) is 59.8 Å². The zero-order chi connectivity index (χ0) is 20.9. The van der Waals surface area contributed by atoms with Crippen molar-refractivity contribution in [3.63, 3.8) is 0 Å². The molecule has 0 spiro atoms. The van der Waals surface area contributed by atoms with Gasteiger partial charge in [0.1, 0.15) is 0 Å². The molecule has 0 fully saturated rings. The highest BCUT2D eigenvalue weighted by molar-refractivity contribution is 7.99. The minimum Gasteiger partial charge on any atom is -0.350 e. The lowest BCUT2D eigenvalue weighted by atomic mass is 10.1. The Kier molecular flexibility index (Phi) is 6.30. The molecule has 4 aromatic rings. The summed E-state index contributed by atoms with van der Waals surface area (Å²) in [7, 11) is 0. The van der Waals surface area contributed by atoms with Crippen LogP contribution in [-0.4, -0.2) is 26.4 Å². The number of thiophene rings is 1. The number of thioether (sulfide) groups is 1. The third kappa shape index (κ3) is 4.80. The molecule has 0 aliphatic rings. The van der Waals surface area contributed by atoms with Gasteiger partial charge < -0.3 is 5.32 Å². The predicted octanol–water partition coefficient (Wildman–Crippen LogP) is 5.02.